The molecule has 1 amide bonds. The number of piperidine rings is 1. The van der Waals surface area contributed by atoms with Gasteiger partial charge in [-0.25, -0.2) is 4.79 Å². The number of guanidine groups is 1. The zero-order valence-corrected chi connectivity index (χ0v) is 19.3. The Morgan fingerprint density at radius 2 is 1.93 bits per heavy atom. The summed E-state index contributed by atoms with van der Waals surface area (Å²) in [7, 11) is 0. The standard InChI is InChI=1S/C19H29ClN4O2.HI/c1-4-26-18(25)24-11-9-16(10-12-24)23-17(21)22-13-19(2,3)14-5-7-15(20)8-6-14;/h5-8,16H,4,9-13H2,1-3H3,(H3,21,22,23);1H. The zero-order chi connectivity index (χ0) is 19.2. The first-order valence-electron chi connectivity index (χ1n) is 9.06. The van der Waals surface area contributed by atoms with E-state index in [2.05, 4.69) is 24.2 Å². The van der Waals surface area contributed by atoms with Crippen molar-refractivity contribution in [2.75, 3.05) is 26.2 Å². The second-order valence-electron chi connectivity index (χ2n) is 7.20. The van der Waals surface area contributed by atoms with Crippen molar-refractivity contribution in [1.82, 2.24) is 10.2 Å². The van der Waals surface area contributed by atoms with E-state index < -0.39 is 0 Å². The molecule has 1 fully saturated rings. The average Bonchev–Trinajstić information content (AvgIpc) is 2.61. The highest BCUT2D eigenvalue weighted by atomic mass is 127. The van der Waals surface area contributed by atoms with Crippen LogP contribution in [0.15, 0.2) is 29.3 Å². The number of ether oxygens (including phenoxy) is 1. The maximum absolute atomic E-state index is 11.7. The number of aliphatic imine (C=N–C) groups is 1. The highest BCUT2D eigenvalue weighted by Gasteiger charge is 2.24. The fraction of sp³-hybridized carbons (Fsp3) is 0.579. The van der Waals surface area contributed by atoms with Crippen molar-refractivity contribution in [2.24, 2.45) is 10.7 Å². The van der Waals surface area contributed by atoms with Gasteiger partial charge in [0.05, 0.1) is 13.2 Å². The maximum atomic E-state index is 11.7. The Morgan fingerprint density at radius 1 is 1.33 bits per heavy atom. The first-order valence-corrected chi connectivity index (χ1v) is 9.44. The first-order chi connectivity index (χ1) is 12.3. The molecule has 1 aliphatic rings. The number of rotatable bonds is 5. The van der Waals surface area contributed by atoms with Crippen LogP contribution in [0.2, 0.25) is 5.02 Å². The Bertz CT molecular complexity index is 629. The first kappa shape index (κ1) is 23.8. The van der Waals surface area contributed by atoms with Crippen molar-refractivity contribution < 1.29 is 9.53 Å². The van der Waals surface area contributed by atoms with Crippen molar-refractivity contribution in [2.45, 2.75) is 45.1 Å². The van der Waals surface area contributed by atoms with E-state index in [4.69, 9.17) is 22.1 Å². The Labute approximate surface area is 183 Å². The van der Waals surface area contributed by atoms with Gasteiger partial charge in [-0.05, 0) is 37.5 Å². The Hall–Kier alpha value is -1.22. The quantitative estimate of drug-likeness (QED) is 0.361. The molecule has 0 saturated carbocycles. The van der Waals surface area contributed by atoms with Gasteiger partial charge in [-0.2, -0.15) is 0 Å². The fourth-order valence-electron chi connectivity index (χ4n) is 2.95. The predicted octanol–water partition coefficient (Wildman–Crippen LogP) is 3.76. The molecule has 27 heavy (non-hydrogen) atoms. The third kappa shape index (κ3) is 7.37. The van der Waals surface area contributed by atoms with Crippen LogP contribution in [0.3, 0.4) is 0 Å². The SMILES string of the molecule is CCOC(=O)N1CCC(NC(N)=NCC(C)(C)c2ccc(Cl)cc2)CC1.I. The van der Waals surface area contributed by atoms with E-state index in [-0.39, 0.29) is 41.5 Å². The van der Waals surface area contributed by atoms with E-state index in [1.54, 1.807) is 4.90 Å². The molecule has 152 valence electrons. The van der Waals surface area contributed by atoms with E-state index in [0.717, 1.165) is 17.9 Å². The number of nitrogens with zero attached hydrogens (tertiary/aromatic N) is 2. The molecule has 1 heterocycles. The highest BCUT2D eigenvalue weighted by molar-refractivity contribution is 14.0. The monoisotopic (exact) mass is 508 g/mol. The summed E-state index contributed by atoms with van der Waals surface area (Å²) in [5.41, 5.74) is 7.10. The normalized spacial score (nSPS) is 15.9. The maximum Gasteiger partial charge on any atom is 0.409 e. The van der Waals surface area contributed by atoms with Gasteiger partial charge in [0.2, 0.25) is 0 Å². The van der Waals surface area contributed by atoms with Crippen LogP contribution >= 0.6 is 35.6 Å². The lowest BCUT2D eigenvalue weighted by Gasteiger charge is -2.32. The van der Waals surface area contributed by atoms with Crippen molar-refractivity contribution in [3.05, 3.63) is 34.9 Å². The average molecular weight is 509 g/mol. The van der Waals surface area contributed by atoms with Crippen molar-refractivity contribution >= 4 is 47.6 Å². The van der Waals surface area contributed by atoms with Crippen LogP contribution in [-0.4, -0.2) is 49.2 Å². The van der Waals surface area contributed by atoms with Gasteiger partial charge in [0.1, 0.15) is 0 Å². The second kappa shape index (κ2) is 10.9. The zero-order valence-electron chi connectivity index (χ0n) is 16.2. The third-order valence-corrected chi connectivity index (χ3v) is 4.90. The predicted molar refractivity (Wildman–Crippen MR) is 121 cm³/mol. The molecular weight excluding hydrogens is 479 g/mol. The van der Waals surface area contributed by atoms with E-state index in [9.17, 15) is 4.79 Å². The molecule has 8 heteroatoms. The summed E-state index contributed by atoms with van der Waals surface area (Å²) in [5, 5.41) is 4.00. The summed E-state index contributed by atoms with van der Waals surface area (Å²) in [5.74, 6) is 0.446. The molecule has 0 spiro atoms. The third-order valence-electron chi connectivity index (χ3n) is 4.64. The molecule has 0 bridgehead atoms. The largest absolute Gasteiger partial charge is 0.450 e. The second-order valence-corrected chi connectivity index (χ2v) is 7.63. The summed E-state index contributed by atoms with van der Waals surface area (Å²) in [6.07, 6.45) is 1.42. The summed E-state index contributed by atoms with van der Waals surface area (Å²) in [4.78, 5) is 18.0. The molecular formula is C19H30ClIN4O2. The van der Waals surface area contributed by atoms with E-state index >= 15 is 0 Å². The molecule has 2 rings (SSSR count). The molecule has 0 radical (unpaired) electrons. The lowest BCUT2D eigenvalue weighted by atomic mass is 9.85. The number of hydrogen-bond acceptors (Lipinski definition) is 3. The van der Waals surface area contributed by atoms with Gasteiger partial charge in [-0.3, -0.25) is 4.99 Å². The molecule has 1 aromatic rings. The lowest BCUT2D eigenvalue weighted by molar-refractivity contribution is 0.0963. The molecule has 0 unspecified atom stereocenters. The fourth-order valence-corrected chi connectivity index (χ4v) is 3.08. The van der Waals surface area contributed by atoms with Gasteiger partial charge >= 0.3 is 6.09 Å². The van der Waals surface area contributed by atoms with Crippen molar-refractivity contribution in [3.8, 4) is 0 Å². The minimum atomic E-state index is -0.239. The minimum Gasteiger partial charge on any atom is -0.450 e. The Balaban J connectivity index is 0.00000364. The van der Waals surface area contributed by atoms with Crippen LogP contribution < -0.4 is 11.1 Å². The number of hydrogen-bond donors (Lipinski definition) is 2. The number of nitrogens with two attached hydrogens (primary N) is 1. The number of carbonyl (C=O) groups is 1. The van der Waals surface area contributed by atoms with Gasteiger partial charge in [0, 0.05) is 29.6 Å². The number of carbonyl (C=O) groups excluding carboxylic acids is 1. The molecule has 0 aliphatic carbocycles. The molecule has 0 aromatic heterocycles. The lowest BCUT2D eigenvalue weighted by Crippen LogP contribution is -2.48. The number of amides is 1. The molecule has 6 nitrogen and oxygen atoms in total. The Kier molecular flexibility index (Phi) is 9.66. The van der Waals surface area contributed by atoms with Crippen LogP contribution in [0, 0.1) is 0 Å². The van der Waals surface area contributed by atoms with Gasteiger partial charge < -0.3 is 20.7 Å². The van der Waals surface area contributed by atoms with Gasteiger partial charge in [0.15, 0.2) is 5.96 Å². The number of halogens is 2. The van der Waals surface area contributed by atoms with Gasteiger partial charge in [-0.15, -0.1) is 24.0 Å². The van der Waals surface area contributed by atoms with Crippen LogP contribution in [0.25, 0.3) is 0 Å². The number of likely N-dealkylation sites (tertiary alicyclic amines) is 1. The molecule has 3 N–H and O–H groups in total. The summed E-state index contributed by atoms with van der Waals surface area (Å²) in [6, 6.07) is 8.05. The molecule has 1 saturated heterocycles. The van der Waals surface area contributed by atoms with Crippen LogP contribution in [-0.2, 0) is 10.2 Å². The van der Waals surface area contributed by atoms with E-state index in [0.29, 0.717) is 32.2 Å². The van der Waals surface area contributed by atoms with Crippen LogP contribution in [0.4, 0.5) is 4.79 Å². The van der Waals surface area contributed by atoms with Crippen molar-refractivity contribution in [1.29, 1.82) is 0 Å². The van der Waals surface area contributed by atoms with Crippen LogP contribution in [0.1, 0.15) is 39.2 Å². The Morgan fingerprint density at radius 3 is 2.48 bits per heavy atom. The van der Waals surface area contributed by atoms with E-state index in [1.807, 2.05) is 31.2 Å². The van der Waals surface area contributed by atoms with Gasteiger partial charge in [-0.1, -0.05) is 37.6 Å². The minimum absolute atomic E-state index is 0. The van der Waals surface area contributed by atoms with Gasteiger partial charge in [0.25, 0.3) is 0 Å². The van der Waals surface area contributed by atoms with E-state index in [1.165, 1.54) is 5.56 Å². The summed E-state index contributed by atoms with van der Waals surface area (Å²) < 4.78 is 5.03. The molecule has 0 atom stereocenters. The molecule has 1 aromatic carbocycles. The summed E-state index contributed by atoms with van der Waals surface area (Å²) in [6.45, 7) is 8.39. The summed E-state index contributed by atoms with van der Waals surface area (Å²) >= 11 is 5.96. The molecule has 1 aliphatic heterocycles. The smallest absolute Gasteiger partial charge is 0.409 e. The highest BCUT2D eigenvalue weighted by Crippen LogP contribution is 2.25. The number of benzene rings is 1. The number of nitrogens with one attached hydrogen (secondary N) is 1. The topological polar surface area (TPSA) is 80.0 Å². The van der Waals surface area contributed by atoms with Crippen LogP contribution in [0.5, 0.6) is 0 Å². The van der Waals surface area contributed by atoms with Crippen molar-refractivity contribution in [3.63, 3.8) is 0 Å².